The lowest BCUT2D eigenvalue weighted by Crippen LogP contribution is -2.28. The standard InChI is InChI=1S/C10H8N2O5/c13-8-2-1-6(5-7(8)12(16)17)11-9(14)3-4-10(11)15/h1-2,5,13H,3-4H2. The molecular formula is C10H8N2O5. The van der Waals surface area contributed by atoms with E-state index >= 15 is 0 Å². The van der Waals surface area contributed by atoms with Gasteiger partial charge in [0.2, 0.25) is 11.8 Å². The summed E-state index contributed by atoms with van der Waals surface area (Å²) in [6.07, 6.45) is 0.209. The Morgan fingerprint density at radius 3 is 2.35 bits per heavy atom. The zero-order chi connectivity index (χ0) is 12.6. The van der Waals surface area contributed by atoms with E-state index in [-0.39, 0.29) is 18.5 Å². The maximum absolute atomic E-state index is 11.4. The number of imide groups is 1. The first-order chi connectivity index (χ1) is 8.00. The molecule has 0 radical (unpaired) electrons. The predicted molar refractivity (Wildman–Crippen MR) is 56.5 cm³/mol. The molecule has 88 valence electrons. The monoisotopic (exact) mass is 236 g/mol. The van der Waals surface area contributed by atoms with Crippen LogP contribution in [-0.4, -0.2) is 21.8 Å². The first kappa shape index (κ1) is 11.1. The van der Waals surface area contributed by atoms with Crippen molar-refractivity contribution in [3.05, 3.63) is 28.3 Å². The summed E-state index contributed by atoms with van der Waals surface area (Å²) in [4.78, 5) is 33.6. The smallest absolute Gasteiger partial charge is 0.312 e. The molecule has 1 aliphatic rings. The Bertz CT molecular complexity index is 509. The molecule has 0 bridgehead atoms. The first-order valence-electron chi connectivity index (χ1n) is 4.84. The summed E-state index contributed by atoms with van der Waals surface area (Å²) < 4.78 is 0. The van der Waals surface area contributed by atoms with Crippen molar-refractivity contribution in [3.8, 4) is 5.75 Å². The summed E-state index contributed by atoms with van der Waals surface area (Å²) in [5, 5.41) is 19.9. The van der Waals surface area contributed by atoms with Gasteiger partial charge >= 0.3 is 5.69 Å². The Morgan fingerprint density at radius 1 is 1.24 bits per heavy atom. The number of aromatic hydroxyl groups is 1. The molecule has 1 fully saturated rings. The Hall–Kier alpha value is -2.44. The lowest BCUT2D eigenvalue weighted by Gasteiger charge is -2.13. The molecule has 2 rings (SSSR count). The highest BCUT2D eigenvalue weighted by atomic mass is 16.6. The van der Waals surface area contributed by atoms with Crippen LogP contribution in [0.25, 0.3) is 0 Å². The molecule has 0 saturated carbocycles. The van der Waals surface area contributed by atoms with Gasteiger partial charge in [-0.15, -0.1) is 0 Å². The van der Waals surface area contributed by atoms with Crippen molar-refractivity contribution in [2.45, 2.75) is 12.8 Å². The lowest BCUT2D eigenvalue weighted by atomic mass is 10.2. The highest BCUT2D eigenvalue weighted by Gasteiger charge is 2.31. The molecule has 1 N–H and O–H groups in total. The first-order valence-corrected chi connectivity index (χ1v) is 4.84. The molecule has 0 unspecified atom stereocenters. The van der Waals surface area contributed by atoms with Gasteiger partial charge < -0.3 is 5.11 Å². The van der Waals surface area contributed by atoms with Crippen LogP contribution in [0.5, 0.6) is 5.75 Å². The summed E-state index contributed by atoms with van der Waals surface area (Å²) in [5.41, 5.74) is -0.419. The normalized spacial score (nSPS) is 15.4. The number of rotatable bonds is 2. The number of hydrogen-bond donors (Lipinski definition) is 1. The van der Waals surface area contributed by atoms with Gasteiger partial charge in [0.05, 0.1) is 10.6 Å². The molecular weight excluding hydrogens is 228 g/mol. The second kappa shape index (κ2) is 3.85. The molecule has 1 aromatic carbocycles. The number of anilines is 1. The lowest BCUT2D eigenvalue weighted by molar-refractivity contribution is -0.385. The topological polar surface area (TPSA) is 101 Å². The van der Waals surface area contributed by atoms with Crippen LogP contribution in [0.3, 0.4) is 0 Å². The summed E-state index contributed by atoms with van der Waals surface area (Å²) in [6, 6.07) is 3.40. The van der Waals surface area contributed by atoms with Crippen LogP contribution in [0.15, 0.2) is 18.2 Å². The molecule has 1 aliphatic heterocycles. The Balaban J connectivity index is 2.46. The summed E-state index contributed by atoms with van der Waals surface area (Å²) >= 11 is 0. The van der Waals surface area contributed by atoms with Gasteiger partial charge in [0.1, 0.15) is 0 Å². The zero-order valence-corrected chi connectivity index (χ0v) is 8.62. The molecule has 1 heterocycles. The average molecular weight is 236 g/mol. The maximum Gasteiger partial charge on any atom is 0.312 e. The predicted octanol–water partition coefficient (Wildman–Crippen LogP) is 0.954. The Kier molecular flexibility index (Phi) is 2.51. The van der Waals surface area contributed by atoms with Crippen molar-refractivity contribution in [3.63, 3.8) is 0 Å². The summed E-state index contributed by atoms with van der Waals surface area (Å²) in [5.74, 6) is -1.29. The van der Waals surface area contributed by atoms with E-state index in [9.17, 15) is 24.8 Å². The third-order valence-corrected chi connectivity index (χ3v) is 2.47. The molecule has 0 aromatic heterocycles. The van der Waals surface area contributed by atoms with Crippen LogP contribution in [-0.2, 0) is 9.59 Å². The van der Waals surface area contributed by atoms with Crippen LogP contribution in [0.4, 0.5) is 11.4 Å². The van der Waals surface area contributed by atoms with Crippen molar-refractivity contribution in [1.29, 1.82) is 0 Å². The van der Waals surface area contributed by atoms with Crippen LogP contribution in [0.2, 0.25) is 0 Å². The minimum Gasteiger partial charge on any atom is -0.502 e. The van der Waals surface area contributed by atoms with E-state index in [2.05, 4.69) is 0 Å². The number of amides is 2. The molecule has 2 amide bonds. The van der Waals surface area contributed by atoms with Crippen molar-refractivity contribution in [2.75, 3.05) is 4.90 Å². The largest absolute Gasteiger partial charge is 0.502 e. The van der Waals surface area contributed by atoms with E-state index in [4.69, 9.17) is 0 Å². The number of hydrogen-bond acceptors (Lipinski definition) is 5. The number of phenolic OH excluding ortho intramolecular Hbond substituents is 1. The second-order valence-corrected chi connectivity index (χ2v) is 3.55. The van der Waals surface area contributed by atoms with E-state index in [1.165, 1.54) is 6.07 Å². The number of phenols is 1. The fourth-order valence-corrected chi connectivity index (χ4v) is 1.66. The second-order valence-electron chi connectivity index (χ2n) is 3.55. The average Bonchev–Trinajstić information content (AvgIpc) is 2.59. The molecule has 7 nitrogen and oxygen atoms in total. The fourth-order valence-electron chi connectivity index (χ4n) is 1.66. The van der Waals surface area contributed by atoms with Gasteiger partial charge in [-0.1, -0.05) is 0 Å². The van der Waals surface area contributed by atoms with E-state index in [0.717, 1.165) is 17.0 Å². The van der Waals surface area contributed by atoms with Crippen LogP contribution in [0, 0.1) is 10.1 Å². The van der Waals surface area contributed by atoms with Gasteiger partial charge in [0, 0.05) is 18.9 Å². The third-order valence-electron chi connectivity index (χ3n) is 2.47. The van der Waals surface area contributed by atoms with Crippen molar-refractivity contribution in [2.24, 2.45) is 0 Å². The molecule has 0 spiro atoms. The zero-order valence-electron chi connectivity index (χ0n) is 8.62. The molecule has 0 atom stereocenters. The van der Waals surface area contributed by atoms with Gasteiger partial charge in [-0.3, -0.25) is 24.6 Å². The van der Waals surface area contributed by atoms with Gasteiger partial charge in [-0.05, 0) is 12.1 Å². The highest BCUT2D eigenvalue weighted by Crippen LogP contribution is 2.32. The Labute approximate surface area is 95.4 Å². The number of benzene rings is 1. The SMILES string of the molecule is O=C1CCC(=O)N1c1ccc(O)c([N+](=O)[O-])c1. The summed E-state index contributed by atoms with van der Waals surface area (Å²) in [7, 11) is 0. The quantitative estimate of drug-likeness (QED) is 0.468. The van der Waals surface area contributed by atoms with Crippen molar-refractivity contribution in [1.82, 2.24) is 0 Å². The summed E-state index contributed by atoms with van der Waals surface area (Å²) in [6.45, 7) is 0. The minimum absolute atomic E-state index is 0.105. The van der Waals surface area contributed by atoms with E-state index in [1.54, 1.807) is 0 Å². The number of carbonyl (C=O) groups excluding carboxylic acids is 2. The number of nitro benzene ring substituents is 1. The van der Waals surface area contributed by atoms with Gasteiger partial charge in [0.15, 0.2) is 5.75 Å². The number of nitrogens with zero attached hydrogens (tertiary/aromatic N) is 2. The van der Waals surface area contributed by atoms with Crippen LogP contribution < -0.4 is 4.90 Å². The highest BCUT2D eigenvalue weighted by molar-refractivity contribution is 6.19. The van der Waals surface area contributed by atoms with Crippen molar-refractivity contribution < 1.29 is 19.6 Å². The van der Waals surface area contributed by atoms with Crippen molar-refractivity contribution >= 4 is 23.2 Å². The van der Waals surface area contributed by atoms with E-state index in [1.807, 2.05) is 0 Å². The minimum atomic E-state index is -0.774. The number of nitro groups is 1. The number of carbonyl (C=O) groups is 2. The fraction of sp³-hybridized carbons (Fsp3) is 0.200. The molecule has 17 heavy (non-hydrogen) atoms. The van der Waals surface area contributed by atoms with Gasteiger partial charge in [0.25, 0.3) is 0 Å². The van der Waals surface area contributed by atoms with Crippen LogP contribution in [0.1, 0.15) is 12.8 Å². The molecule has 7 heteroatoms. The Morgan fingerprint density at radius 2 is 1.82 bits per heavy atom. The molecule has 1 saturated heterocycles. The van der Waals surface area contributed by atoms with Gasteiger partial charge in [-0.2, -0.15) is 0 Å². The molecule has 0 aliphatic carbocycles. The van der Waals surface area contributed by atoms with E-state index < -0.39 is 28.2 Å². The molecule has 1 aromatic rings. The third kappa shape index (κ3) is 1.82. The van der Waals surface area contributed by atoms with Crippen LogP contribution >= 0.6 is 0 Å². The maximum atomic E-state index is 11.4. The van der Waals surface area contributed by atoms with E-state index in [0.29, 0.717) is 0 Å². The van der Waals surface area contributed by atoms with Gasteiger partial charge in [-0.25, -0.2) is 0 Å².